The summed E-state index contributed by atoms with van der Waals surface area (Å²) in [5.41, 5.74) is 3.16. The zero-order valence-electron chi connectivity index (χ0n) is 20.3. The number of imide groups is 1. The summed E-state index contributed by atoms with van der Waals surface area (Å²) in [5.74, 6) is -0.593. The predicted octanol–water partition coefficient (Wildman–Crippen LogP) is 3.32. The summed E-state index contributed by atoms with van der Waals surface area (Å²) in [6, 6.07) is 16.2. The highest BCUT2D eigenvalue weighted by Gasteiger charge is 2.36. The minimum atomic E-state index is -0.633. The molecule has 0 atom stereocenters. The molecule has 1 aliphatic heterocycles. The molecule has 6 rings (SSSR count). The highest BCUT2D eigenvalue weighted by Crippen LogP contribution is 2.36. The Morgan fingerprint density at radius 2 is 1.95 bits per heavy atom. The number of hydrogen-bond acceptors (Lipinski definition) is 8. The lowest BCUT2D eigenvalue weighted by Crippen LogP contribution is -2.25. The van der Waals surface area contributed by atoms with Crippen LogP contribution in [-0.4, -0.2) is 54.2 Å². The lowest BCUT2D eigenvalue weighted by atomic mass is 9.93. The minimum absolute atomic E-state index is 0.0149. The summed E-state index contributed by atoms with van der Waals surface area (Å²) in [7, 11) is 0. The van der Waals surface area contributed by atoms with E-state index >= 15 is 0 Å². The van der Waals surface area contributed by atoms with Crippen LogP contribution in [0, 0.1) is 5.41 Å². The Labute approximate surface area is 226 Å². The van der Waals surface area contributed by atoms with Crippen LogP contribution in [0.15, 0.2) is 78.8 Å². The van der Waals surface area contributed by atoms with Gasteiger partial charge in [-0.05, 0) is 46.8 Å². The maximum atomic E-state index is 13.2. The van der Waals surface area contributed by atoms with Gasteiger partial charge in [0.05, 0.1) is 34.3 Å². The van der Waals surface area contributed by atoms with E-state index in [-0.39, 0.29) is 16.9 Å². The number of aromatic nitrogens is 6. The second-order valence-corrected chi connectivity index (χ2v) is 9.20. The Balaban J connectivity index is 1.46. The first-order valence-electron chi connectivity index (χ1n) is 12.0. The standard InChI is InChI=1S/C27H20ClN9O2/c28-15-7-8-21-18(12-15)19(14-37(21)16-4-3-10-30-13-16)23-24(27(39)32-26(23)38)25(29)17-5-1-2-6-20(17)31-11-9-22-33-35-36-34-22/h1-8,10,12-14,29,31H,9,11H2,(H,32,38,39)(H,33,34,35,36). The second kappa shape index (κ2) is 9.95. The molecule has 3 aromatic heterocycles. The Morgan fingerprint density at radius 1 is 1.08 bits per heavy atom. The van der Waals surface area contributed by atoms with Crippen molar-refractivity contribution >= 4 is 51.3 Å². The Kier molecular flexibility index (Phi) is 6.17. The summed E-state index contributed by atoms with van der Waals surface area (Å²) in [4.78, 5) is 30.5. The summed E-state index contributed by atoms with van der Waals surface area (Å²) < 4.78 is 1.88. The van der Waals surface area contributed by atoms with E-state index in [1.165, 1.54) is 0 Å². The maximum absolute atomic E-state index is 13.2. The molecular formula is C27H20ClN9O2. The van der Waals surface area contributed by atoms with E-state index in [0.717, 1.165) is 11.2 Å². The van der Waals surface area contributed by atoms with E-state index in [4.69, 9.17) is 17.0 Å². The van der Waals surface area contributed by atoms with Crippen molar-refractivity contribution in [2.45, 2.75) is 6.42 Å². The molecule has 2 amide bonds. The number of carbonyl (C=O) groups excluding carboxylic acids is 2. The van der Waals surface area contributed by atoms with Gasteiger partial charge in [-0.3, -0.25) is 25.3 Å². The third-order valence-corrected chi connectivity index (χ3v) is 6.64. The molecule has 39 heavy (non-hydrogen) atoms. The molecule has 0 spiro atoms. The molecule has 11 nitrogen and oxygen atoms in total. The van der Waals surface area contributed by atoms with E-state index in [9.17, 15) is 9.59 Å². The maximum Gasteiger partial charge on any atom is 0.261 e. The number of H-pyrrole nitrogens is 1. The number of rotatable bonds is 8. The van der Waals surface area contributed by atoms with Gasteiger partial charge in [-0.25, -0.2) is 5.10 Å². The molecule has 1 aliphatic rings. The van der Waals surface area contributed by atoms with Gasteiger partial charge in [-0.15, -0.1) is 5.10 Å². The van der Waals surface area contributed by atoms with Gasteiger partial charge in [-0.1, -0.05) is 29.8 Å². The van der Waals surface area contributed by atoms with Gasteiger partial charge >= 0.3 is 0 Å². The zero-order chi connectivity index (χ0) is 26.9. The number of fused-ring (bicyclic) bond motifs is 1. The molecule has 4 N–H and O–H groups in total. The van der Waals surface area contributed by atoms with Crippen molar-refractivity contribution in [2.75, 3.05) is 11.9 Å². The number of aromatic amines is 1. The Hall–Kier alpha value is -5.16. The number of tetrazole rings is 1. The van der Waals surface area contributed by atoms with E-state index < -0.39 is 11.8 Å². The van der Waals surface area contributed by atoms with Crippen LogP contribution in [0.1, 0.15) is 17.0 Å². The molecule has 0 unspecified atom stereocenters. The zero-order valence-corrected chi connectivity index (χ0v) is 21.0. The number of anilines is 1. The number of nitrogens with zero attached hydrogens (tertiary/aromatic N) is 5. The van der Waals surface area contributed by atoms with Gasteiger partial charge in [0.2, 0.25) is 0 Å². The van der Waals surface area contributed by atoms with Gasteiger partial charge in [0.25, 0.3) is 11.8 Å². The quantitative estimate of drug-likeness (QED) is 0.175. The number of para-hydroxylation sites is 1. The molecule has 192 valence electrons. The molecule has 12 heteroatoms. The monoisotopic (exact) mass is 537 g/mol. The van der Waals surface area contributed by atoms with Crippen molar-refractivity contribution in [3.8, 4) is 5.69 Å². The molecule has 0 fully saturated rings. The second-order valence-electron chi connectivity index (χ2n) is 8.76. The fraction of sp³-hybridized carbons (Fsp3) is 0.0741. The molecule has 2 aromatic carbocycles. The number of carbonyl (C=O) groups is 2. The summed E-state index contributed by atoms with van der Waals surface area (Å²) in [6.45, 7) is 0.481. The average molecular weight is 538 g/mol. The number of benzene rings is 2. The summed E-state index contributed by atoms with van der Waals surface area (Å²) >= 11 is 6.35. The van der Waals surface area contributed by atoms with Gasteiger partial charge in [0.1, 0.15) is 5.82 Å². The van der Waals surface area contributed by atoms with Crippen LogP contribution in [0.3, 0.4) is 0 Å². The van der Waals surface area contributed by atoms with Gasteiger partial charge in [0.15, 0.2) is 0 Å². The van der Waals surface area contributed by atoms with E-state index in [1.54, 1.807) is 42.9 Å². The first-order chi connectivity index (χ1) is 19.0. The first-order valence-corrected chi connectivity index (χ1v) is 12.3. The van der Waals surface area contributed by atoms with Crippen LogP contribution in [0.5, 0.6) is 0 Å². The van der Waals surface area contributed by atoms with Crippen molar-refractivity contribution in [2.24, 2.45) is 0 Å². The summed E-state index contributed by atoms with van der Waals surface area (Å²) in [6.07, 6.45) is 5.67. The van der Waals surface area contributed by atoms with Crippen LogP contribution >= 0.6 is 11.6 Å². The molecule has 0 bridgehead atoms. The third-order valence-electron chi connectivity index (χ3n) is 6.40. The number of nitrogens with one attached hydrogen (secondary N) is 4. The molecule has 4 heterocycles. The Bertz CT molecular complexity index is 1780. The van der Waals surface area contributed by atoms with Crippen LogP contribution < -0.4 is 10.6 Å². The van der Waals surface area contributed by atoms with Crippen LogP contribution in [0.25, 0.3) is 22.2 Å². The fourth-order valence-corrected chi connectivity index (χ4v) is 4.82. The van der Waals surface area contributed by atoms with Crippen molar-refractivity contribution in [3.63, 3.8) is 0 Å². The highest BCUT2D eigenvalue weighted by molar-refractivity contribution is 6.48. The van der Waals surface area contributed by atoms with Crippen LogP contribution in [-0.2, 0) is 16.0 Å². The average Bonchev–Trinajstić information content (AvgIpc) is 3.66. The van der Waals surface area contributed by atoms with Crippen LogP contribution in [0.4, 0.5) is 5.69 Å². The largest absolute Gasteiger partial charge is 0.384 e. The van der Waals surface area contributed by atoms with Gasteiger partial charge < -0.3 is 9.88 Å². The topological polar surface area (TPSA) is 154 Å². The molecule has 0 saturated heterocycles. The summed E-state index contributed by atoms with van der Waals surface area (Å²) in [5, 5.41) is 29.6. The smallest absolute Gasteiger partial charge is 0.261 e. The van der Waals surface area contributed by atoms with Gasteiger partial charge in [0, 0.05) is 52.6 Å². The van der Waals surface area contributed by atoms with E-state index in [1.807, 2.05) is 34.9 Å². The molecule has 0 radical (unpaired) electrons. The van der Waals surface area contributed by atoms with Crippen molar-refractivity contribution in [1.82, 2.24) is 35.5 Å². The SMILES string of the molecule is N=C(C1=C(c2cn(-c3cccnc3)c3ccc(Cl)cc23)C(=O)NC1=O)c1ccccc1NCCc1nnn[nH]1. The van der Waals surface area contributed by atoms with Crippen molar-refractivity contribution in [1.29, 1.82) is 5.41 Å². The molecule has 0 aliphatic carbocycles. The number of halogens is 1. The number of amides is 2. The van der Waals surface area contributed by atoms with Crippen molar-refractivity contribution < 1.29 is 9.59 Å². The fourth-order valence-electron chi connectivity index (χ4n) is 4.65. The van der Waals surface area contributed by atoms with Gasteiger partial charge in [-0.2, -0.15) is 0 Å². The van der Waals surface area contributed by atoms with Crippen LogP contribution in [0.2, 0.25) is 5.02 Å². The molecule has 0 saturated carbocycles. The first kappa shape index (κ1) is 24.2. The normalized spacial score (nSPS) is 13.3. The predicted molar refractivity (Wildman–Crippen MR) is 146 cm³/mol. The lowest BCUT2D eigenvalue weighted by molar-refractivity contribution is -0.123. The lowest BCUT2D eigenvalue weighted by Gasteiger charge is -2.13. The van der Waals surface area contributed by atoms with E-state index in [0.29, 0.717) is 46.0 Å². The number of pyridine rings is 1. The minimum Gasteiger partial charge on any atom is -0.384 e. The van der Waals surface area contributed by atoms with E-state index in [2.05, 4.69) is 36.2 Å². The molecular weight excluding hydrogens is 518 g/mol. The highest BCUT2D eigenvalue weighted by atomic mass is 35.5. The number of hydrogen-bond donors (Lipinski definition) is 4. The Morgan fingerprint density at radius 3 is 2.74 bits per heavy atom. The molecule has 5 aromatic rings. The third kappa shape index (κ3) is 4.44. The van der Waals surface area contributed by atoms with Crippen molar-refractivity contribution in [3.05, 3.63) is 101 Å².